The van der Waals surface area contributed by atoms with Crippen LogP contribution in [-0.2, 0) is 15.7 Å². The van der Waals surface area contributed by atoms with Crippen LogP contribution in [0, 0.1) is 0 Å². The van der Waals surface area contributed by atoms with Crippen molar-refractivity contribution in [2.24, 2.45) is 15.7 Å². The standard InChI is InChI=1S/C25H25N5O4S/c1-33-21-14-18(15-22(16-21)34-35(2,31)32)17-5-3-6-20(13-17)25(19-7-10-27-11-8-19)23-28-9-4-12-30(23)24(26)29-25/h3,5-8,10-11,13-16H,4,9,12H2,1-2H3,(H2,26,29). The van der Waals surface area contributed by atoms with Gasteiger partial charge >= 0.3 is 10.1 Å². The van der Waals surface area contributed by atoms with Gasteiger partial charge in [0.1, 0.15) is 17.3 Å². The lowest BCUT2D eigenvalue weighted by atomic mass is 9.81. The van der Waals surface area contributed by atoms with Gasteiger partial charge in [-0.1, -0.05) is 18.2 Å². The lowest BCUT2D eigenvalue weighted by Crippen LogP contribution is -2.46. The highest BCUT2D eigenvalue weighted by Crippen LogP contribution is 2.42. The van der Waals surface area contributed by atoms with E-state index in [9.17, 15) is 8.42 Å². The van der Waals surface area contributed by atoms with Gasteiger partial charge in [0.2, 0.25) is 0 Å². The average Bonchev–Trinajstić information content (AvgIpc) is 3.17. The van der Waals surface area contributed by atoms with Crippen molar-refractivity contribution in [3.63, 3.8) is 0 Å². The molecule has 35 heavy (non-hydrogen) atoms. The molecular formula is C25H25N5O4S. The van der Waals surface area contributed by atoms with Crippen LogP contribution in [-0.4, -0.2) is 56.6 Å². The zero-order chi connectivity index (χ0) is 24.6. The van der Waals surface area contributed by atoms with E-state index >= 15 is 0 Å². The number of methoxy groups -OCH3 is 1. The number of ether oxygens (including phenoxy) is 1. The SMILES string of the molecule is COc1cc(OS(C)(=O)=O)cc(-c2cccc(C3(c4ccncc4)N=C(N)N4CCCN=C43)c2)c1. The summed E-state index contributed by atoms with van der Waals surface area (Å²) in [7, 11) is -2.18. The minimum atomic E-state index is -3.70. The smallest absolute Gasteiger partial charge is 0.306 e. The number of amidine groups is 1. The molecule has 0 fully saturated rings. The largest absolute Gasteiger partial charge is 0.497 e. The van der Waals surface area contributed by atoms with E-state index < -0.39 is 15.7 Å². The first-order chi connectivity index (χ1) is 16.8. The lowest BCUT2D eigenvalue weighted by Gasteiger charge is -2.33. The summed E-state index contributed by atoms with van der Waals surface area (Å²) in [6.07, 6.45) is 5.37. The second-order valence-corrected chi connectivity index (χ2v) is 9.97. The van der Waals surface area contributed by atoms with Crippen molar-refractivity contribution in [3.8, 4) is 22.6 Å². The third kappa shape index (κ3) is 4.21. The number of hydrogen-bond acceptors (Lipinski definition) is 9. The second kappa shape index (κ2) is 8.70. The summed E-state index contributed by atoms with van der Waals surface area (Å²) >= 11 is 0. The van der Waals surface area contributed by atoms with Crippen LogP contribution in [0.3, 0.4) is 0 Å². The quantitative estimate of drug-likeness (QED) is 0.527. The van der Waals surface area contributed by atoms with Crippen molar-refractivity contribution >= 4 is 21.9 Å². The average molecular weight is 492 g/mol. The molecule has 9 nitrogen and oxygen atoms in total. The topological polar surface area (TPSA) is 119 Å². The molecule has 0 saturated heterocycles. The molecule has 1 atom stereocenters. The van der Waals surface area contributed by atoms with Gasteiger partial charge in [0.25, 0.3) is 0 Å². The third-order valence-corrected chi connectivity index (χ3v) is 6.51. The van der Waals surface area contributed by atoms with E-state index in [0.29, 0.717) is 18.3 Å². The molecule has 2 aliphatic heterocycles. The number of benzene rings is 2. The number of pyridine rings is 1. The van der Waals surface area contributed by atoms with E-state index in [-0.39, 0.29) is 5.75 Å². The lowest BCUT2D eigenvalue weighted by molar-refractivity contribution is 0.412. The Morgan fingerprint density at radius 3 is 2.51 bits per heavy atom. The fourth-order valence-corrected chi connectivity index (χ4v) is 5.02. The Morgan fingerprint density at radius 1 is 1.00 bits per heavy atom. The number of guanidine groups is 1. The van der Waals surface area contributed by atoms with Gasteiger partial charge in [0, 0.05) is 31.5 Å². The van der Waals surface area contributed by atoms with Crippen LogP contribution in [0.2, 0.25) is 0 Å². The Balaban J connectivity index is 1.69. The van der Waals surface area contributed by atoms with E-state index in [2.05, 4.69) is 4.98 Å². The van der Waals surface area contributed by atoms with Crippen molar-refractivity contribution < 1.29 is 17.3 Å². The first-order valence-corrected chi connectivity index (χ1v) is 12.9. The Hall–Kier alpha value is -3.92. The Morgan fingerprint density at radius 2 is 1.77 bits per heavy atom. The molecule has 3 aromatic rings. The highest BCUT2D eigenvalue weighted by Gasteiger charge is 2.49. The van der Waals surface area contributed by atoms with E-state index in [0.717, 1.165) is 47.3 Å². The van der Waals surface area contributed by atoms with Gasteiger partial charge in [0.15, 0.2) is 11.5 Å². The number of aromatic nitrogens is 1. The predicted molar refractivity (Wildman–Crippen MR) is 134 cm³/mol. The monoisotopic (exact) mass is 491 g/mol. The number of nitrogens with two attached hydrogens (primary N) is 1. The highest BCUT2D eigenvalue weighted by molar-refractivity contribution is 7.86. The molecule has 2 aliphatic rings. The van der Waals surface area contributed by atoms with Crippen LogP contribution in [0.1, 0.15) is 17.5 Å². The predicted octanol–water partition coefficient (Wildman–Crippen LogP) is 2.77. The molecule has 0 bridgehead atoms. The second-order valence-electron chi connectivity index (χ2n) is 8.39. The van der Waals surface area contributed by atoms with Gasteiger partial charge in [-0.05, 0) is 59.0 Å². The zero-order valence-corrected chi connectivity index (χ0v) is 20.2. The molecule has 0 aliphatic carbocycles. The van der Waals surface area contributed by atoms with E-state index in [4.69, 9.17) is 24.6 Å². The maximum atomic E-state index is 11.7. The summed E-state index contributed by atoms with van der Waals surface area (Å²) in [4.78, 5) is 16.0. The van der Waals surface area contributed by atoms with Gasteiger partial charge in [-0.3, -0.25) is 14.9 Å². The van der Waals surface area contributed by atoms with Crippen LogP contribution in [0.25, 0.3) is 11.1 Å². The minimum absolute atomic E-state index is 0.169. The number of fused-ring (bicyclic) bond motifs is 1. The molecule has 1 unspecified atom stereocenters. The van der Waals surface area contributed by atoms with Crippen LogP contribution in [0.15, 0.2) is 77.0 Å². The van der Waals surface area contributed by atoms with Crippen molar-refractivity contribution in [1.29, 1.82) is 0 Å². The van der Waals surface area contributed by atoms with E-state index in [1.807, 2.05) is 47.4 Å². The van der Waals surface area contributed by atoms with Gasteiger partial charge < -0.3 is 14.7 Å². The Kier molecular flexibility index (Phi) is 5.68. The summed E-state index contributed by atoms with van der Waals surface area (Å²) in [5.74, 6) is 1.86. The fourth-order valence-electron chi connectivity index (χ4n) is 4.57. The molecule has 0 amide bonds. The Labute approximate surface area is 204 Å². The molecule has 2 aromatic carbocycles. The molecule has 5 rings (SSSR count). The molecule has 180 valence electrons. The van der Waals surface area contributed by atoms with Crippen LogP contribution >= 0.6 is 0 Å². The van der Waals surface area contributed by atoms with E-state index in [1.165, 1.54) is 13.2 Å². The van der Waals surface area contributed by atoms with Crippen LogP contribution in [0.5, 0.6) is 11.5 Å². The summed E-state index contributed by atoms with van der Waals surface area (Å²) in [6, 6.07) is 16.7. The zero-order valence-electron chi connectivity index (χ0n) is 19.4. The molecule has 0 radical (unpaired) electrons. The van der Waals surface area contributed by atoms with Crippen LogP contribution < -0.4 is 14.7 Å². The van der Waals surface area contributed by atoms with Crippen LogP contribution in [0.4, 0.5) is 0 Å². The number of hydrogen-bond donors (Lipinski definition) is 1. The molecule has 1 aromatic heterocycles. The maximum Gasteiger partial charge on any atom is 0.306 e. The van der Waals surface area contributed by atoms with Gasteiger partial charge in [-0.15, -0.1) is 0 Å². The fraction of sp³-hybridized carbons (Fsp3) is 0.240. The summed E-state index contributed by atoms with van der Waals surface area (Å²) in [5.41, 5.74) is 8.81. The van der Waals surface area contributed by atoms with Crippen molar-refractivity contribution in [3.05, 3.63) is 78.1 Å². The Bertz CT molecular complexity index is 1440. The molecular weight excluding hydrogens is 466 g/mol. The van der Waals surface area contributed by atoms with Gasteiger partial charge in [-0.2, -0.15) is 8.42 Å². The molecule has 0 saturated carbocycles. The first kappa shape index (κ1) is 22.9. The number of aliphatic imine (C=N–C) groups is 2. The number of nitrogens with zero attached hydrogens (tertiary/aromatic N) is 4. The summed E-state index contributed by atoms with van der Waals surface area (Å²) in [6.45, 7) is 1.45. The normalized spacial score (nSPS) is 19.5. The van der Waals surface area contributed by atoms with Crippen molar-refractivity contribution in [1.82, 2.24) is 9.88 Å². The van der Waals surface area contributed by atoms with Gasteiger partial charge in [-0.25, -0.2) is 4.99 Å². The number of rotatable bonds is 6. The third-order valence-electron chi connectivity index (χ3n) is 6.01. The van der Waals surface area contributed by atoms with Gasteiger partial charge in [0.05, 0.1) is 13.4 Å². The minimum Gasteiger partial charge on any atom is -0.497 e. The molecule has 3 heterocycles. The summed E-state index contributed by atoms with van der Waals surface area (Å²) in [5, 5.41) is 0. The van der Waals surface area contributed by atoms with Crippen molar-refractivity contribution in [2.75, 3.05) is 26.5 Å². The highest BCUT2D eigenvalue weighted by atomic mass is 32.2. The maximum absolute atomic E-state index is 11.7. The van der Waals surface area contributed by atoms with E-state index in [1.54, 1.807) is 18.5 Å². The molecule has 2 N–H and O–H groups in total. The summed E-state index contributed by atoms with van der Waals surface area (Å²) < 4.78 is 34.0. The molecule has 0 spiro atoms. The molecule has 10 heteroatoms. The first-order valence-electron chi connectivity index (χ1n) is 11.1. The van der Waals surface area contributed by atoms with Crippen molar-refractivity contribution in [2.45, 2.75) is 12.0 Å².